The van der Waals surface area contributed by atoms with E-state index in [1.54, 1.807) is 0 Å². The molecular weight excluding hydrogens is 710 g/mol. The average molecular weight is 751 g/mol. The molecule has 0 radical (unpaired) electrons. The lowest BCUT2D eigenvalue weighted by molar-refractivity contribution is -0.138. The molecule has 51 heavy (non-hydrogen) atoms. The van der Waals surface area contributed by atoms with Crippen molar-refractivity contribution in [3.8, 4) is 18.1 Å². The van der Waals surface area contributed by atoms with Gasteiger partial charge in [-0.15, -0.1) is 6.42 Å². The quantitative estimate of drug-likeness (QED) is 0.133. The number of amides is 3. The van der Waals surface area contributed by atoms with Gasteiger partial charge in [0.2, 0.25) is 17.2 Å². The van der Waals surface area contributed by atoms with Crippen molar-refractivity contribution in [1.82, 2.24) is 15.0 Å². The Morgan fingerprint density at radius 3 is 2.27 bits per heavy atom. The summed E-state index contributed by atoms with van der Waals surface area (Å²) in [6, 6.07) is 1.60. The summed E-state index contributed by atoms with van der Waals surface area (Å²) in [6.45, 7) is 7.65. The highest BCUT2D eigenvalue weighted by Crippen LogP contribution is 2.42. The molecule has 19 heteroatoms. The average Bonchev–Trinajstić information content (AvgIpc) is 3.30. The van der Waals surface area contributed by atoms with Crippen LogP contribution in [0.4, 0.5) is 27.7 Å². The first-order valence-electron chi connectivity index (χ1n) is 16.0. The zero-order valence-electron chi connectivity index (χ0n) is 28.6. The van der Waals surface area contributed by atoms with Gasteiger partial charge in [-0.3, -0.25) is 28.6 Å². The first-order valence-corrected chi connectivity index (χ1v) is 18.6. The monoisotopic (exact) mass is 750 g/mol. The molecule has 1 aliphatic carbocycles. The molecule has 2 aromatic rings. The summed E-state index contributed by atoms with van der Waals surface area (Å²) < 4.78 is 30.6. The van der Waals surface area contributed by atoms with Crippen LogP contribution in [0.25, 0.3) is 0 Å². The van der Waals surface area contributed by atoms with Crippen LogP contribution in [0.2, 0.25) is 5.28 Å². The van der Waals surface area contributed by atoms with Gasteiger partial charge in [0.15, 0.2) is 19.8 Å². The maximum absolute atomic E-state index is 14.7. The lowest BCUT2D eigenvalue weighted by Crippen LogP contribution is -2.39. The van der Waals surface area contributed by atoms with Gasteiger partial charge in [-0.2, -0.15) is 15.0 Å². The molecule has 1 aromatic heterocycles. The van der Waals surface area contributed by atoms with Crippen LogP contribution < -0.4 is 30.9 Å². The van der Waals surface area contributed by atoms with Crippen LogP contribution in [-0.4, -0.2) is 93.2 Å². The fourth-order valence-electron chi connectivity index (χ4n) is 5.02. The summed E-state index contributed by atoms with van der Waals surface area (Å²) >= 11 is 5.73. The summed E-state index contributed by atoms with van der Waals surface area (Å²) in [4.78, 5) is 70.4. The molecule has 2 unspecified atom stereocenters. The van der Waals surface area contributed by atoms with Crippen LogP contribution in [0.15, 0.2) is 23.3 Å². The first-order chi connectivity index (χ1) is 24.0. The number of terminal acetylenes is 1. The fraction of sp³-hybridized carbons (Fsp3) is 0.469. The molecular formula is C32H41ClFN8O8P. The number of halogens is 2. The maximum Gasteiger partial charge on any atom is 0.320 e. The minimum Gasteiger partial charge on any atom is -0.481 e. The number of carbonyl (C=O) groups is 4. The first kappa shape index (κ1) is 40.8. The van der Waals surface area contributed by atoms with Crippen molar-refractivity contribution in [3.63, 3.8) is 0 Å². The Kier molecular flexibility index (Phi) is 14.4. The van der Waals surface area contributed by atoms with Gasteiger partial charge in [0, 0.05) is 42.6 Å². The smallest absolute Gasteiger partial charge is 0.320 e. The third-order valence-electron chi connectivity index (χ3n) is 7.39. The Balaban J connectivity index is 0.000000237. The lowest BCUT2D eigenvalue weighted by atomic mass is 9.93. The summed E-state index contributed by atoms with van der Waals surface area (Å²) in [5.74, 6) is 0.258. The normalized spacial score (nSPS) is 16.7. The highest BCUT2D eigenvalue weighted by molar-refractivity contribution is 7.57. The Morgan fingerprint density at radius 2 is 1.75 bits per heavy atom. The number of benzene rings is 1. The van der Waals surface area contributed by atoms with Crippen molar-refractivity contribution in [1.29, 1.82) is 0 Å². The number of rotatable bonds is 10. The number of nitrogens with two attached hydrogens (primary N) is 1. The molecule has 0 bridgehead atoms. The highest BCUT2D eigenvalue weighted by Gasteiger charge is 2.41. The van der Waals surface area contributed by atoms with E-state index in [1.165, 1.54) is 17.6 Å². The molecule has 3 heterocycles. The van der Waals surface area contributed by atoms with E-state index < -0.39 is 37.0 Å². The summed E-state index contributed by atoms with van der Waals surface area (Å²) in [7, 11) is -3.10. The molecule has 276 valence electrons. The second-order valence-corrected chi connectivity index (χ2v) is 14.8. The van der Waals surface area contributed by atoms with Crippen molar-refractivity contribution in [2.24, 2.45) is 5.73 Å². The topological polar surface area (TPSA) is 230 Å². The van der Waals surface area contributed by atoms with E-state index in [2.05, 4.69) is 31.5 Å². The van der Waals surface area contributed by atoms with Gasteiger partial charge in [-0.25, -0.2) is 9.29 Å². The van der Waals surface area contributed by atoms with Gasteiger partial charge < -0.3 is 31.1 Å². The van der Waals surface area contributed by atoms with Gasteiger partial charge in [-0.05, 0) is 70.5 Å². The third-order valence-corrected chi connectivity index (χ3v) is 8.64. The zero-order valence-corrected chi connectivity index (χ0v) is 30.3. The van der Waals surface area contributed by atoms with E-state index in [9.17, 15) is 28.1 Å². The molecule has 1 aromatic carbocycles. The molecule has 5 rings (SSSR count). The number of hydrogen-bond acceptors (Lipinski definition) is 12. The van der Waals surface area contributed by atoms with E-state index in [0.29, 0.717) is 35.9 Å². The van der Waals surface area contributed by atoms with E-state index in [4.69, 9.17) is 38.5 Å². The Hall–Kier alpha value is -4.62. The maximum atomic E-state index is 14.7. The molecule has 2 atom stereocenters. The number of nitrogens with zero attached hydrogens (tertiary/aromatic N) is 5. The number of carbonyl (C=O) groups excluding carboxylic acids is 3. The predicted octanol–water partition coefficient (Wildman–Crippen LogP) is 3.39. The van der Waals surface area contributed by atoms with Crippen molar-refractivity contribution >= 4 is 65.9 Å². The van der Waals surface area contributed by atoms with Crippen molar-refractivity contribution in [2.45, 2.75) is 65.0 Å². The highest BCUT2D eigenvalue weighted by atomic mass is 35.5. The molecule has 6 N–H and O–H groups in total. The number of ether oxygens (including phenoxy) is 1. The Morgan fingerprint density at radius 1 is 1.14 bits per heavy atom. The molecule has 3 aliphatic rings. The second kappa shape index (κ2) is 18.0. The largest absolute Gasteiger partial charge is 0.481 e. The van der Waals surface area contributed by atoms with E-state index in [1.807, 2.05) is 20.8 Å². The van der Waals surface area contributed by atoms with Crippen molar-refractivity contribution < 1.29 is 42.9 Å². The van der Waals surface area contributed by atoms with Crippen LogP contribution in [-0.2, 0) is 23.7 Å². The fourth-order valence-corrected chi connectivity index (χ4v) is 5.93. The molecule has 3 amide bonds. The number of anilines is 4. The number of nitrogens with one attached hydrogen (secondary N) is 2. The van der Waals surface area contributed by atoms with Crippen molar-refractivity contribution in [3.05, 3.63) is 34.4 Å². The predicted molar refractivity (Wildman–Crippen MR) is 190 cm³/mol. The van der Waals surface area contributed by atoms with Crippen LogP contribution >= 0.6 is 19.0 Å². The molecule has 0 fully saturated rings. The molecule has 16 nitrogen and oxygen atoms in total. The van der Waals surface area contributed by atoms with E-state index in [-0.39, 0.29) is 60.1 Å². The van der Waals surface area contributed by atoms with Crippen molar-refractivity contribution in [2.75, 3.05) is 53.0 Å². The zero-order chi connectivity index (χ0) is 38.0. The standard InChI is InChI=1S/C19H15FN2O4.C8H14ClN5.C5H12NO4P/c1-2-7-21-15-9-14(13(20)8-16(15)26-10-17(21)23)22-18(24)11-5-3-4-6-12(11)19(22)25;1-4-10-7-12-6(9)13-8(14-7)11-5(2)3;1-11(9,10)3-2-4(6)5(7)8/h1,8-9H,3-7,10H2;5H,4H2,1-3H3,(H2,10,11,12,13,14);4H,2-3,6H2,1H3,(H,7,8)(H,9,10). The van der Waals surface area contributed by atoms with Crippen LogP contribution in [0.5, 0.6) is 5.75 Å². The van der Waals surface area contributed by atoms with Gasteiger partial charge in [0.1, 0.15) is 11.8 Å². The van der Waals surface area contributed by atoms with Crippen LogP contribution in [0, 0.1) is 18.2 Å². The number of imide groups is 1. The van der Waals surface area contributed by atoms with Gasteiger partial charge in [0.25, 0.3) is 17.7 Å². The summed E-state index contributed by atoms with van der Waals surface area (Å²) in [6.07, 6.45) is 8.01. The summed E-state index contributed by atoms with van der Waals surface area (Å²) in [5.41, 5.74) is 6.08. The van der Waals surface area contributed by atoms with E-state index in [0.717, 1.165) is 30.4 Å². The number of aromatic nitrogens is 3. The van der Waals surface area contributed by atoms with Gasteiger partial charge >= 0.3 is 5.97 Å². The van der Waals surface area contributed by atoms with Crippen LogP contribution in [0.3, 0.4) is 0 Å². The molecule has 0 saturated heterocycles. The van der Waals surface area contributed by atoms with Gasteiger partial charge in [0.05, 0.1) is 17.9 Å². The summed E-state index contributed by atoms with van der Waals surface area (Å²) in [5, 5.41) is 14.5. The minimum absolute atomic E-state index is 0.0170. The Bertz CT molecular complexity index is 1750. The number of aliphatic carboxylic acids is 1. The van der Waals surface area contributed by atoms with Gasteiger partial charge in [-0.1, -0.05) is 5.92 Å². The van der Waals surface area contributed by atoms with Crippen LogP contribution in [0.1, 0.15) is 52.9 Å². The number of carboxylic acid groups (broad SMARTS) is 1. The third kappa shape index (κ3) is 11.2. The molecule has 0 saturated carbocycles. The SMILES string of the molecule is C#CCN1C(=O)COc2cc(F)c(N3C(=O)C4=C(CCCC4)C3=O)cc21.CCNc1nc(Cl)nc(NC(C)C)n1.CP(=O)(O)CCC(N)C(=O)O. The molecule has 2 aliphatic heterocycles. The Labute approximate surface area is 299 Å². The van der Waals surface area contributed by atoms with E-state index >= 15 is 0 Å². The number of hydrogen-bond donors (Lipinski definition) is 5. The number of fused-ring (bicyclic) bond motifs is 1. The second-order valence-electron chi connectivity index (χ2n) is 11.9. The lowest BCUT2D eigenvalue weighted by Gasteiger charge is -2.29. The number of carboxylic acids is 1. The minimum atomic E-state index is -3.10. The molecule has 0 spiro atoms.